The normalized spacial score (nSPS) is 28.4. The van der Waals surface area contributed by atoms with Gasteiger partial charge < -0.3 is 10.2 Å². The third-order valence-corrected chi connectivity index (χ3v) is 2.44. The molecule has 2 rings (SSSR count). The van der Waals surface area contributed by atoms with Gasteiger partial charge in [0.05, 0.1) is 12.0 Å². The maximum Gasteiger partial charge on any atom is 0.227 e. The van der Waals surface area contributed by atoms with Gasteiger partial charge in [-0.1, -0.05) is 0 Å². The van der Waals surface area contributed by atoms with E-state index < -0.39 is 0 Å². The van der Waals surface area contributed by atoms with Crippen molar-refractivity contribution in [1.29, 1.82) is 0 Å². The molecule has 66 valence electrons. The highest BCUT2D eigenvalue weighted by atomic mass is 16.2. The molecule has 0 aromatic carbocycles. The lowest BCUT2D eigenvalue weighted by Crippen LogP contribution is -2.71. The van der Waals surface area contributed by atoms with Crippen LogP contribution in [0.4, 0.5) is 0 Å². The van der Waals surface area contributed by atoms with Crippen LogP contribution in [0.25, 0.3) is 0 Å². The molecular formula is C8H12N2O2. The van der Waals surface area contributed by atoms with Crippen LogP contribution in [0.1, 0.15) is 12.8 Å². The van der Waals surface area contributed by atoms with E-state index in [1.54, 1.807) is 0 Å². The Bertz CT molecular complexity index is 225. The largest absolute Gasteiger partial charge is 0.347 e. The molecule has 2 aliphatic heterocycles. The average molecular weight is 168 g/mol. The molecule has 0 aromatic heterocycles. The summed E-state index contributed by atoms with van der Waals surface area (Å²) >= 11 is 0. The fourth-order valence-electron chi connectivity index (χ4n) is 2.18. The second kappa shape index (κ2) is 2.29. The lowest BCUT2D eigenvalue weighted by Gasteiger charge is -2.50. The highest BCUT2D eigenvalue weighted by Crippen LogP contribution is 2.26. The van der Waals surface area contributed by atoms with Crippen LogP contribution >= 0.6 is 0 Å². The van der Waals surface area contributed by atoms with Gasteiger partial charge in [-0.25, -0.2) is 0 Å². The summed E-state index contributed by atoms with van der Waals surface area (Å²) in [6.45, 7) is 1.62. The summed E-state index contributed by atoms with van der Waals surface area (Å²) < 4.78 is 0. The highest BCUT2D eigenvalue weighted by Gasteiger charge is 2.46. The molecule has 2 aliphatic rings. The van der Waals surface area contributed by atoms with Gasteiger partial charge in [-0.05, 0) is 7.05 Å². The van der Waals surface area contributed by atoms with Crippen LogP contribution in [0.15, 0.2) is 0 Å². The molecule has 2 heterocycles. The van der Waals surface area contributed by atoms with Crippen LogP contribution in [0.2, 0.25) is 0 Å². The van der Waals surface area contributed by atoms with E-state index >= 15 is 0 Å². The van der Waals surface area contributed by atoms with Gasteiger partial charge in [-0.15, -0.1) is 0 Å². The zero-order valence-corrected chi connectivity index (χ0v) is 7.09. The second-order valence-corrected chi connectivity index (χ2v) is 3.89. The molecule has 4 heteroatoms. The van der Waals surface area contributed by atoms with E-state index in [9.17, 15) is 9.59 Å². The van der Waals surface area contributed by atoms with E-state index in [4.69, 9.17) is 0 Å². The number of likely N-dealkylation sites (tertiary alicyclic amines) is 1. The Morgan fingerprint density at radius 3 is 2.58 bits per heavy atom. The first-order valence-corrected chi connectivity index (χ1v) is 4.11. The molecule has 0 aliphatic carbocycles. The molecule has 0 bridgehead atoms. The quantitative estimate of drug-likeness (QED) is 0.479. The molecule has 1 N–H and O–H groups in total. The van der Waals surface area contributed by atoms with Crippen molar-refractivity contribution < 1.29 is 9.59 Å². The molecule has 1 amide bonds. The zero-order valence-electron chi connectivity index (χ0n) is 7.09. The first-order valence-electron chi connectivity index (χ1n) is 4.11. The van der Waals surface area contributed by atoms with E-state index in [2.05, 4.69) is 10.2 Å². The maximum absolute atomic E-state index is 11.1. The molecule has 0 unspecified atom stereocenters. The molecule has 0 radical (unpaired) electrons. The lowest BCUT2D eigenvalue weighted by atomic mass is 9.81. The number of carbonyl (C=O) groups excluding carboxylic acids is 2. The molecule has 0 saturated carbocycles. The van der Waals surface area contributed by atoms with Crippen LogP contribution < -0.4 is 5.32 Å². The Balaban J connectivity index is 2.08. The summed E-state index contributed by atoms with van der Waals surface area (Å²) in [5.41, 5.74) is -0.207. The minimum Gasteiger partial charge on any atom is -0.347 e. The molecule has 2 fully saturated rings. The smallest absolute Gasteiger partial charge is 0.227 e. The monoisotopic (exact) mass is 168 g/mol. The molecule has 0 atom stereocenters. The summed E-state index contributed by atoms with van der Waals surface area (Å²) in [5, 5.41) is 2.89. The maximum atomic E-state index is 11.1. The van der Waals surface area contributed by atoms with Crippen LogP contribution in [0.5, 0.6) is 0 Å². The van der Waals surface area contributed by atoms with E-state index in [1.807, 2.05) is 7.05 Å². The van der Waals surface area contributed by atoms with Gasteiger partial charge in [0, 0.05) is 19.5 Å². The topological polar surface area (TPSA) is 49.4 Å². The summed E-state index contributed by atoms with van der Waals surface area (Å²) in [6.07, 6.45) is 0.592. The van der Waals surface area contributed by atoms with E-state index in [1.165, 1.54) is 0 Å². The van der Waals surface area contributed by atoms with E-state index in [0.29, 0.717) is 6.42 Å². The number of hydrogen-bond donors (Lipinski definition) is 1. The van der Waals surface area contributed by atoms with Gasteiger partial charge in [-0.2, -0.15) is 0 Å². The number of likely N-dealkylation sites (N-methyl/N-ethyl adjacent to an activating group) is 1. The number of amides is 1. The van der Waals surface area contributed by atoms with Crippen molar-refractivity contribution in [2.75, 3.05) is 20.1 Å². The summed E-state index contributed by atoms with van der Waals surface area (Å²) in [6, 6.07) is 0. The van der Waals surface area contributed by atoms with Crippen molar-refractivity contribution in [1.82, 2.24) is 10.2 Å². The van der Waals surface area contributed by atoms with Crippen LogP contribution in [-0.2, 0) is 9.59 Å². The summed E-state index contributed by atoms with van der Waals surface area (Å²) in [5.74, 6) is -0.0359. The summed E-state index contributed by atoms with van der Waals surface area (Å²) in [4.78, 5) is 24.2. The van der Waals surface area contributed by atoms with Crippen molar-refractivity contribution in [3.05, 3.63) is 0 Å². The fraction of sp³-hybridized carbons (Fsp3) is 0.750. The van der Waals surface area contributed by atoms with E-state index in [0.717, 1.165) is 13.1 Å². The SMILES string of the molecule is CN1CC2(CC(=O)CC(=O)N2)C1. The van der Waals surface area contributed by atoms with Gasteiger partial charge in [0.1, 0.15) is 5.78 Å². The van der Waals surface area contributed by atoms with Crippen molar-refractivity contribution in [3.8, 4) is 0 Å². The van der Waals surface area contributed by atoms with Crippen molar-refractivity contribution in [3.63, 3.8) is 0 Å². The number of Topliss-reactive ketones (excluding diaryl/α,β-unsaturated/α-hetero) is 1. The molecule has 0 aromatic rings. The van der Waals surface area contributed by atoms with Crippen molar-refractivity contribution in [2.45, 2.75) is 18.4 Å². The van der Waals surface area contributed by atoms with Crippen LogP contribution in [-0.4, -0.2) is 42.3 Å². The van der Waals surface area contributed by atoms with Crippen molar-refractivity contribution in [2.24, 2.45) is 0 Å². The predicted molar refractivity (Wildman–Crippen MR) is 42.6 cm³/mol. The minimum atomic E-state index is -0.207. The van der Waals surface area contributed by atoms with Gasteiger partial charge in [0.2, 0.25) is 5.91 Å². The van der Waals surface area contributed by atoms with Gasteiger partial charge >= 0.3 is 0 Å². The van der Waals surface area contributed by atoms with Crippen molar-refractivity contribution >= 4 is 11.7 Å². The second-order valence-electron chi connectivity index (χ2n) is 3.89. The van der Waals surface area contributed by atoms with Gasteiger partial charge in [0.25, 0.3) is 0 Å². The minimum absolute atomic E-state index is 0.0749. The van der Waals surface area contributed by atoms with Gasteiger partial charge in [0.15, 0.2) is 0 Å². The fourth-order valence-corrected chi connectivity index (χ4v) is 2.18. The molecule has 1 spiro atoms. The number of hydrogen-bond acceptors (Lipinski definition) is 3. The van der Waals surface area contributed by atoms with Crippen LogP contribution in [0.3, 0.4) is 0 Å². The number of rotatable bonds is 0. The number of piperidine rings is 1. The third kappa shape index (κ3) is 1.12. The standard InChI is InChI=1S/C8H12N2O2/c1-10-4-8(5-10)3-6(11)2-7(12)9-8/h2-5H2,1H3,(H,9,12). The highest BCUT2D eigenvalue weighted by molar-refractivity contribution is 6.01. The molecule has 4 nitrogen and oxygen atoms in total. The Kier molecular flexibility index (Phi) is 1.48. The number of nitrogens with one attached hydrogen (secondary N) is 1. The Morgan fingerprint density at radius 2 is 2.08 bits per heavy atom. The lowest BCUT2D eigenvalue weighted by molar-refractivity contribution is -0.138. The Hall–Kier alpha value is -0.900. The average Bonchev–Trinajstić information content (AvgIpc) is 1.80. The van der Waals surface area contributed by atoms with Crippen LogP contribution in [0, 0.1) is 0 Å². The molecule has 12 heavy (non-hydrogen) atoms. The van der Waals surface area contributed by atoms with Gasteiger partial charge in [-0.3, -0.25) is 9.59 Å². The summed E-state index contributed by atoms with van der Waals surface area (Å²) in [7, 11) is 1.98. The first-order chi connectivity index (χ1) is 5.60. The number of carbonyl (C=O) groups is 2. The third-order valence-electron chi connectivity index (χ3n) is 2.44. The number of nitrogens with zero attached hydrogens (tertiary/aromatic N) is 1. The zero-order chi connectivity index (χ0) is 8.77. The van der Waals surface area contributed by atoms with E-state index in [-0.39, 0.29) is 23.7 Å². The first kappa shape index (κ1) is 7.73. The Morgan fingerprint density at radius 1 is 1.42 bits per heavy atom. The Labute approximate surface area is 70.9 Å². The number of ketones is 1. The predicted octanol–water partition coefficient (Wildman–Crippen LogP) is -0.850. The molecule has 2 saturated heterocycles. The molecular weight excluding hydrogens is 156 g/mol.